The van der Waals surface area contributed by atoms with Gasteiger partial charge < -0.3 is 0 Å². The van der Waals surface area contributed by atoms with Crippen LogP contribution in [0.2, 0.25) is 0 Å². The van der Waals surface area contributed by atoms with Crippen molar-refractivity contribution in [2.75, 3.05) is 13.1 Å². The molecule has 3 N–H and O–H groups in total. The van der Waals surface area contributed by atoms with Crippen molar-refractivity contribution in [1.82, 2.24) is 9.84 Å². The largest absolute Gasteiger partial charge is 0.287 e. The zero-order chi connectivity index (χ0) is 8.32. The van der Waals surface area contributed by atoms with Gasteiger partial charge in [0.05, 0.1) is 0 Å². The summed E-state index contributed by atoms with van der Waals surface area (Å²) in [5, 5.41) is 6.42. The van der Waals surface area contributed by atoms with Crippen LogP contribution in [0.15, 0.2) is 0 Å². The van der Waals surface area contributed by atoms with Crippen molar-refractivity contribution in [3.05, 3.63) is 0 Å². The van der Waals surface area contributed by atoms with E-state index in [0.717, 1.165) is 25.9 Å². The molecule has 1 aliphatic heterocycles. The first-order valence-corrected chi connectivity index (χ1v) is 5.18. The maximum absolute atomic E-state index is 10.5. The topological polar surface area (TPSA) is 75.4 Å². The molecule has 0 bridgehead atoms. The average Bonchev–Trinajstić information content (AvgIpc) is 1.85. The Morgan fingerprint density at radius 1 is 1.18 bits per heavy atom. The summed E-state index contributed by atoms with van der Waals surface area (Å²) in [6.07, 6.45) is 3.23. The lowest BCUT2D eigenvalue weighted by molar-refractivity contribution is 0.200. The van der Waals surface area contributed by atoms with Gasteiger partial charge in [0.2, 0.25) is 0 Å². The first-order valence-electron chi connectivity index (χ1n) is 3.63. The number of hydrazine groups is 1. The fraction of sp³-hybridized carbons (Fsp3) is 1.00. The molecule has 0 aromatic carbocycles. The maximum atomic E-state index is 10.5. The molecule has 1 heterocycles. The molecule has 0 spiro atoms. The highest BCUT2D eigenvalue weighted by atomic mass is 32.2. The molecule has 0 saturated carbocycles. The van der Waals surface area contributed by atoms with Crippen LogP contribution < -0.4 is 9.97 Å². The van der Waals surface area contributed by atoms with Crippen molar-refractivity contribution in [2.24, 2.45) is 5.14 Å². The summed E-state index contributed by atoms with van der Waals surface area (Å²) in [5.41, 5.74) is 0. The molecule has 5 nitrogen and oxygen atoms in total. The van der Waals surface area contributed by atoms with Gasteiger partial charge in [0, 0.05) is 13.1 Å². The van der Waals surface area contributed by atoms with Gasteiger partial charge in [-0.2, -0.15) is 8.42 Å². The van der Waals surface area contributed by atoms with E-state index in [9.17, 15) is 8.42 Å². The standard InChI is InChI=1S/C5H13N3O2S/c6-11(9,10)7-8-4-2-1-3-5-8/h7H,1-5H2,(H2,6,9,10). The summed E-state index contributed by atoms with van der Waals surface area (Å²) in [7, 11) is -3.55. The van der Waals surface area contributed by atoms with Crippen molar-refractivity contribution in [2.45, 2.75) is 19.3 Å². The quantitative estimate of drug-likeness (QED) is 0.581. The van der Waals surface area contributed by atoms with Gasteiger partial charge in [0.25, 0.3) is 10.2 Å². The zero-order valence-corrected chi connectivity index (χ0v) is 7.10. The Bertz CT molecular complexity index is 208. The fourth-order valence-corrected chi connectivity index (χ4v) is 1.71. The lowest BCUT2D eigenvalue weighted by atomic mass is 10.2. The van der Waals surface area contributed by atoms with Crippen molar-refractivity contribution in [3.8, 4) is 0 Å². The smallest absolute Gasteiger partial charge is 0.230 e. The molecule has 0 aromatic rings. The van der Waals surface area contributed by atoms with Crippen molar-refractivity contribution < 1.29 is 8.42 Å². The number of nitrogens with two attached hydrogens (primary N) is 1. The van der Waals surface area contributed by atoms with Crippen LogP contribution in [0.1, 0.15) is 19.3 Å². The molecule has 11 heavy (non-hydrogen) atoms. The van der Waals surface area contributed by atoms with Crippen molar-refractivity contribution in [3.63, 3.8) is 0 Å². The Morgan fingerprint density at radius 2 is 1.73 bits per heavy atom. The second kappa shape index (κ2) is 3.48. The van der Waals surface area contributed by atoms with Gasteiger partial charge >= 0.3 is 0 Å². The van der Waals surface area contributed by atoms with Gasteiger partial charge in [0.15, 0.2) is 0 Å². The van der Waals surface area contributed by atoms with Crippen molar-refractivity contribution >= 4 is 10.2 Å². The Labute approximate surface area is 66.7 Å². The van der Waals surface area contributed by atoms with Crippen LogP contribution in [0.25, 0.3) is 0 Å². The molecule has 0 aromatic heterocycles. The summed E-state index contributed by atoms with van der Waals surface area (Å²) in [6, 6.07) is 0. The van der Waals surface area contributed by atoms with E-state index in [1.165, 1.54) is 6.42 Å². The summed E-state index contributed by atoms with van der Waals surface area (Å²) in [6.45, 7) is 1.52. The summed E-state index contributed by atoms with van der Waals surface area (Å²) in [5.74, 6) is 0. The van der Waals surface area contributed by atoms with Crippen LogP contribution >= 0.6 is 0 Å². The average molecular weight is 179 g/mol. The number of nitrogens with zero attached hydrogens (tertiary/aromatic N) is 1. The normalized spacial score (nSPS) is 21.9. The number of nitrogens with one attached hydrogen (secondary N) is 1. The maximum Gasteiger partial charge on any atom is 0.287 e. The van der Waals surface area contributed by atoms with Gasteiger partial charge in [-0.05, 0) is 12.8 Å². The number of hydrogen-bond acceptors (Lipinski definition) is 3. The van der Waals surface area contributed by atoms with E-state index in [1.807, 2.05) is 0 Å². The van der Waals surface area contributed by atoms with Crippen LogP contribution in [0, 0.1) is 0 Å². The third-order valence-corrected chi connectivity index (χ3v) is 2.13. The second-order valence-corrected chi connectivity index (χ2v) is 3.96. The van der Waals surface area contributed by atoms with E-state index in [0.29, 0.717) is 0 Å². The molecule has 1 aliphatic rings. The first-order chi connectivity index (χ1) is 5.08. The summed E-state index contributed by atoms with van der Waals surface area (Å²) >= 11 is 0. The predicted octanol–water partition coefficient (Wildman–Crippen LogP) is -0.820. The molecule has 1 fully saturated rings. The van der Waals surface area contributed by atoms with Gasteiger partial charge in [-0.1, -0.05) is 6.42 Å². The minimum absolute atomic E-state index is 0.760. The molecule has 1 saturated heterocycles. The SMILES string of the molecule is NS(=O)(=O)NN1CCCCC1. The van der Waals surface area contributed by atoms with Crippen LogP contribution in [0.3, 0.4) is 0 Å². The zero-order valence-electron chi connectivity index (χ0n) is 6.28. The van der Waals surface area contributed by atoms with Gasteiger partial charge in [-0.25, -0.2) is 10.1 Å². The summed E-state index contributed by atoms with van der Waals surface area (Å²) < 4.78 is 21.0. The lowest BCUT2D eigenvalue weighted by Gasteiger charge is -2.25. The van der Waals surface area contributed by atoms with Crippen LogP contribution in [-0.4, -0.2) is 26.5 Å². The van der Waals surface area contributed by atoms with E-state index >= 15 is 0 Å². The third-order valence-electron chi connectivity index (χ3n) is 1.61. The van der Waals surface area contributed by atoms with Gasteiger partial charge in [-0.15, -0.1) is 4.83 Å². The van der Waals surface area contributed by atoms with Crippen LogP contribution in [0.4, 0.5) is 0 Å². The highest BCUT2D eigenvalue weighted by Crippen LogP contribution is 2.05. The number of rotatable bonds is 2. The minimum atomic E-state index is -3.55. The molecular weight excluding hydrogens is 166 g/mol. The highest BCUT2D eigenvalue weighted by Gasteiger charge is 2.13. The number of hydrogen-bond donors (Lipinski definition) is 2. The Morgan fingerprint density at radius 3 is 2.18 bits per heavy atom. The molecular formula is C5H13N3O2S. The summed E-state index contributed by atoms with van der Waals surface area (Å²) in [4.78, 5) is 2.24. The molecule has 0 atom stereocenters. The molecule has 0 aliphatic carbocycles. The van der Waals surface area contributed by atoms with E-state index in [-0.39, 0.29) is 0 Å². The molecule has 66 valence electrons. The van der Waals surface area contributed by atoms with E-state index in [2.05, 4.69) is 4.83 Å². The van der Waals surface area contributed by atoms with Crippen LogP contribution in [0.5, 0.6) is 0 Å². The van der Waals surface area contributed by atoms with Crippen LogP contribution in [-0.2, 0) is 10.2 Å². The molecule has 1 rings (SSSR count). The first kappa shape index (κ1) is 8.92. The molecule has 0 amide bonds. The minimum Gasteiger partial charge on any atom is -0.230 e. The Balaban J connectivity index is 2.36. The van der Waals surface area contributed by atoms with E-state index < -0.39 is 10.2 Å². The van der Waals surface area contributed by atoms with E-state index in [1.54, 1.807) is 5.01 Å². The van der Waals surface area contributed by atoms with Crippen molar-refractivity contribution in [1.29, 1.82) is 0 Å². The van der Waals surface area contributed by atoms with Gasteiger partial charge in [-0.3, -0.25) is 0 Å². The molecule has 0 radical (unpaired) electrons. The molecule has 6 heteroatoms. The number of piperidine rings is 1. The molecule has 0 unspecified atom stereocenters. The Kier molecular flexibility index (Phi) is 2.83. The van der Waals surface area contributed by atoms with E-state index in [4.69, 9.17) is 5.14 Å². The third kappa shape index (κ3) is 3.66. The Hall–Kier alpha value is -0.170. The second-order valence-electron chi connectivity index (χ2n) is 2.68. The lowest BCUT2D eigenvalue weighted by Crippen LogP contribution is -2.47. The highest BCUT2D eigenvalue weighted by molar-refractivity contribution is 7.87. The predicted molar refractivity (Wildman–Crippen MR) is 41.7 cm³/mol. The van der Waals surface area contributed by atoms with Gasteiger partial charge in [0.1, 0.15) is 0 Å². The fourth-order valence-electron chi connectivity index (χ4n) is 1.17. The monoisotopic (exact) mass is 179 g/mol.